The van der Waals surface area contributed by atoms with Crippen LogP contribution in [-0.4, -0.2) is 26.6 Å². The molecule has 7 heteroatoms. The van der Waals surface area contributed by atoms with Crippen LogP contribution in [0.1, 0.15) is 26.3 Å². The third-order valence-electron chi connectivity index (χ3n) is 4.47. The van der Waals surface area contributed by atoms with Gasteiger partial charge in [0.05, 0.1) is 5.69 Å². The number of benzene rings is 3. The molecular formula is C23H19N5O2. The highest BCUT2D eigenvalue weighted by atomic mass is 16.2. The minimum atomic E-state index is -0.335. The lowest BCUT2D eigenvalue weighted by molar-refractivity contribution is 0.101. The molecule has 148 valence electrons. The van der Waals surface area contributed by atoms with Crippen LogP contribution in [0.15, 0.2) is 84.9 Å². The molecule has 0 spiro atoms. The van der Waals surface area contributed by atoms with E-state index in [-0.39, 0.29) is 23.7 Å². The number of carbonyl (C=O) groups is 2. The number of hydrogen-bond donors (Lipinski definition) is 2. The van der Waals surface area contributed by atoms with Crippen molar-refractivity contribution in [3.05, 3.63) is 102 Å². The first-order chi connectivity index (χ1) is 14.6. The molecule has 1 heterocycles. The minimum Gasteiger partial charge on any atom is -0.290 e. The minimum absolute atomic E-state index is 0.0930. The number of aromatic nitrogens is 3. The van der Waals surface area contributed by atoms with E-state index in [9.17, 15) is 9.59 Å². The van der Waals surface area contributed by atoms with Gasteiger partial charge in [-0.15, -0.1) is 5.10 Å². The average molecular weight is 397 g/mol. The Kier molecular flexibility index (Phi) is 5.34. The number of nitrogens with one attached hydrogen (secondary N) is 2. The number of anilines is 2. The highest BCUT2D eigenvalue weighted by molar-refractivity contribution is 6.04. The molecule has 3 aromatic carbocycles. The Labute approximate surface area is 173 Å². The summed E-state index contributed by atoms with van der Waals surface area (Å²) in [6.07, 6.45) is 0. The third-order valence-corrected chi connectivity index (χ3v) is 4.47. The fraction of sp³-hybridized carbons (Fsp3) is 0.0435. The van der Waals surface area contributed by atoms with Gasteiger partial charge in [-0.2, -0.15) is 9.67 Å². The highest BCUT2D eigenvalue weighted by Crippen LogP contribution is 2.20. The van der Waals surface area contributed by atoms with E-state index >= 15 is 0 Å². The van der Waals surface area contributed by atoms with Crippen LogP contribution >= 0.6 is 0 Å². The molecule has 2 amide bonds. The smallest absolute Gasteiger partial charge is 0.258 e. The molecule has 1 aromatic heterocycles. The lowest BCUT2D eigenvalue weighted by Crippen LogP contribution is -2.16. The zero-order valence-corrected chi connectivity index (χ0v) is 16.2. The van der Waals surface area contributed by atoms with Crippen LogP contribution in [0.5, 0.6) is 0 Å². The molecule has 0 bridgehead atoms. The molecule has 0 atom stereocenters. The first kappa shape index (κ1) is 19.1. The lowest BCUT2D eigenvalue weighted by atomic mass is 10.2. The first-order valence-electron chi connectivity index (χ1n) is 9.37. The van der Waals surface area contributed by atoms with Crippen LogP contribution in [0.2, 0.25) is 0 Å². The van der Waals surface area contributed by atoms with E-state index in [1.807, 2.05) is 43.3 Å². The SMILES string of the molecule is Cc1ccccc1-n1nc(NC(=O)c2ccccc2)nc1NC(=O)c1ccccc1. The molecule has 0 saturated carbocycles. The number of aryl methyl sites for hydroxylation is 1. The number of carbonyl (C=O) groups excluding carboxylic acids is 2. The summed E-state index contributed by atoms with van der Waals surface area (Å²) in [4.78, 5) is 29.5. The van der Waals surface area contributed by atoms with Crippen molar-refractivity contribution in [2.45, 2.75) is 6.92 Å². The van der Waals surface area contributed by atoms with E-state index in [0.717, 1.165) is 11.3 Å². The second kappa shape index (κ2) is 8.40. The summed E-state index contributed by atoms with van der Waals surface area (Å²) in [5.74, 6) is -0.353. The van der Waals surface area contributed by atoms with Gasteiger partial charge in [-0.05, 0) is 42.8 Å². The van der Waals surface area contributed by atoms with Gasteiger partial charge in [0.25, 0.3) is 17.8 Å². The van der Waals surface area contributed by atoms with Crippen molar-refractivity contribution in [2.75, 3.05) is 10.6 Å². The van der Waals surface area contributed by atoms with Crippen molar-refractivity contribution in [3.63, 3.8) is 0 Å². The van der Waals surface area contributed by atoms with Crippen molar-refractivity contribution in [2.24, 2.45) is 0 Å². The maximum atomic E-state index is 12.7. The molecule has 0 unspecified atom stereocenters. The highest BCUT2D eigenvalue weighted by Gasteiger charge is 2.18. The summed E-state index contributed by atoms with van der Waals surface area (Å²) >= 11 is 0. The predicted octanol–water partition coefficient (Wildman–Crippen LogP) is 4.08. The van der Waals surface area contributed by atoms with E-state index in [2.05, 4.69) is 20.7 Å². The van der Waals surface area contributed by atoms with E-state index < -0.39 is 0 Å². The summed E-state index contributed by atoms with van der Waals surface area (Å²) in [7, 11) is 0. The molecular weight excluding hydrogens is 378 g/mol. The molecule has 2 N–H and O–H groups in total. The number of hydrogen-bond acceptors (Lipinski definition) is 4. The van der Waals surface area contributed by atoms with Gasteiger partial charge in [-0.3, -0.25) is 20.2 Å². The lowest BCUT2D eigenvalue weighted by Gasteiger charge is -2.09. The molecule has 0 fully saturated rings. The standard InChI is InChI=1S/C23H19N5O2/c1-16-10-8-9-15-19(16)28-23(25-21(30)18-13-6-3-7-14-18)26-22(27-28)24-20(29)17-11-4-2-5-12-17/h2-15H,1H3,(H2,24,25,26,27,29,30). The topological polar surface area (TPSA) is 88.9 Å². The van der Waals surface area contributed by atoms with Crippen molar-refractivity contribution in [1.29, 1.82) is 0 Å². The molecule has 4 rings (SSSR count). The Morgan fingerprint density at radius 1 is 0.733 bits per heavy atom. The van der Waals surface area contributed by atoms with Gasteiger partial charge in [-0.1, -0.05) is 54.6 Å². The van der Waals surface area contributed by atoms with E-state index in [0.29, 0.717) is 11.1 Å². The van der Waals surface area contributed by atoms with Gasteiger partial charge >= 0.3 is 0 Å². The fourth-order valence-electron chi connectivity index (χ4n) is 2.94. The fourth-order valence-corrected chi connectivity index (χ4v) is 2.94. The van der Waals surface area contributed by atoms with E-state index in [1.54, 1.807) is 48.5 Å². The van der Waals surface area contributed by atoms with Crippen molar-refractivity contribution >= 4 is 23.7 Å². The average Bonchev–Trinajstić information content (AvgIpc) is 3.17. The summed E-state index contributed by atoms with van der Waals surface area (Å²) in [5, 5.41) is 9.89. The van der Waals surface area contributed by atoms with Gasteiger partial charge in [-0.25, -0.2) is 0 Å². The van der Waals surface area contributed by atoms with Crippen LogP contribution in [0.4, 0.5) is 11.9 Å². The normalized spacial score (nSPS) is 10.4. The molecule has 0 radical (unpaired) electrons. The molecule has 7 nitrogen and oxygen atoms in total. The van der Waals surface area contributed by atoms with E-state index in [4.69, 9.17) is 0 Å². The number of nitrogens with zero attached hydrogens (tertiary/aromatic N) is 3. The van der Waals surface area contributed by atoms with Crippen LogP contribution in [0, 0.1) is 6.92 Å². The summed E-state index contributed by atoms with van der Waals surface area (Å²) in [6, 6.07) is 25.2. The maximum absolute atomic E-state index is 12.7. The second-order valence-electron chi connectivity index (χ2n) is 6.60. The van der Waals surface area contributed by atoms with Gasteiger partial charge < -0.3 is 0 Å². The summed E-state index contributed by atoms with van der Waals surface area (Å²) in [6.45, 7) is 1.93. The number of para-hydroxylation sites is 1. The third kappa shape index (κ3) is 4.10. The molecule has 0 saturated heterocycles. The van der Waals surface area contributed by atoms with E-state index in [1.165, 1.54) is 4.68 Å². The van der Waals surface area contributed by atoms with Crippen LogP contribution in [0.3, 0.4) is 0 Å². The van der Waals surface area contributed by atoms with Crippen molar-refractivity contribution in [3.8, 4) is 5.69 Å². The molecule has 0 aliphatic carbocycles. The second-order valence-corrected chi connectivity index (χ2v) is 6.60. The first-order valence-corrected chi connectivity index (χ1v) is 9.37. The number of rotatable bonds is 5. The summed E-state index contributed by atoms with van der Waals surface area (Å²) in [5.41, 5.74) is 2.67. The molecule has 4 aromatic rings. The van der Waals surface area contributed by atoms with Gasteiger partial charge in [0.2, 0.25) is 5.95 Å². The zero-order chi connectivity index (χ0) is 20.9. The Balaban J connectivity index is 1.68. The monoisotopic (exact) mass is 397 g/mol. The van der Waals surface area contributed by atoms with Crippen molar-refractivity contribution < 1.29 is 9.59 Å². The van der Waals surface area contributed by atoms with Crippen molar-refractivity contribution in [1.82, 2.24) is 14.8 Å². The maximum Gasteiger partial charge on any atom is 0.258 e. The molecule has 30 heavy (non-hydrogen) atoms. The van der Waals surface area contributed by atoms with Gasteiger partial charge in [0.1, 0.15) is 0 Å². The quantitative estimate of drug-likeness (QED) is 0.531. The van der Waals surface area contributed by atoms with Gasteiger partial charge in [0.15, 0.2) is 0 Å². The Morgan fingerprint density at radius 3 is 1.87 bits per heavy atom. The summed E-state index contributed by atoms with van der Waals surface area (Å²) < 4.78 is 1.51. The van der Waals surface area contributed by atoms with Crippen LogP contribution in [0.25, 0.3) is 5.69 Å². The van der Waals surface area contributed by atoms with Gasteiger partial charge in [0, 0.05) is 11.1 Å². The zero-order valence-electron chi connectivity index (χ0n) is 16.2. The van der Waals surface area contributed by atoms with Crippen LogP contribution < -0.4 is 10.6 Å². The number of amides is 2. The molecule has 0 aliphatic heterocycles. The Hall–Kier alpha value is -4.26. The van der Waals surface area contributed by atoms with Crippen LogP contribution in [-0.2, 0) is 0 Å². The Morgan fingerprint density at radius 2 is 1.27 bits per heavy atom. The largest absolute Gasteiger partial charge is 0.290 e. The predicted molar refractivity (Wildman–Crippen MR) is 115 cm³/mol. The Bertz CT molecular complexity index is 1190. The molecule has 0 aliphatic rings.